The highest BCUT2D eigenvalue weighted by Gasteiger charge is 2.15. The topological polar surface area (TPSA) is 64.0 Å². The van der Waals surface area contributed by atoms with Gasteiger partial charge in [0.25, 0.3) is 10.0 Å². The highest BCUT2D eigenvalue weighted by atomic mass is 79.9. The smallest absolute Gasteiger partial charge is 0.261 e. The maximum absolute atomic E-state index is 13.0. The second-order valence-corrected chi connectivity index (χ2v) is 8.38. The molecule has 0 saturated carbocycles. The van der Waals surface area contributed by atoms with Crippen LogP contribution in [0.4, 0.5) is 10.1 Å². The molecule has 136 valence electrons. The summed E-state index contributed by atoms with van der Waals surface area (Å²) in [5.74, 6) is -0.484. The Morgan fingerprint density at radius 1 is 1.15 bits per heavy atom. The summed E-state index contributed by atoms with van der Waals surface area (Å²) in [6.45, 7) is 4.40. The summed E-state index contributed by atoms with van der Waals surface area (Å²) in [5, 5.41) is 4.46. The van der Waals surface area contributed by atoms with Crippen LogP contribution in [0, 0.1) is 19.7 Å². The molecule has 8 heteroatoms. The van der Waals surface area contributed by atoms with Crippen LogP contribution < -0.4 is 4.72 Å². The van der Waals surface area contributed by atoms with Crippen molar-refractivity contribution in [1.82, 2.24) is 9.78 Å². The van der Waals surface area contributed by atoms with Gasteiger partial charge >= 0.3 is 0 Å². The summed E-state index contributed by atoms with van der Waals surface area (Å²) < 4.78 is 43.2. The second-order valence-electron chi connectivity index (χ2n) is 5.90. The maximum atomic E-state index is 13.0. The summed E-state index contributed by atoms with van der Waals surface area (Å²) in [5.41, 5.74) is 3.24. The van der Waals surface area contributed by atoms with Crippen molar-refractivity contribution in [2.45, 2.75) is 25.3 Å². The first-order valence-corrected chi connectivity index (χ1v) is 10.1. The van der Waals surface area contributed by atoms with Crippen molar-refractivity contribution in [2.75, 3.05) is 4.72 Å². The molecule has 0 fully saturated rings. The Balaban J connectivity index is 1.83. The standard InChI is InChI=1S/C18H17BrFN3O2S/c1-12-18(19)13(2)23(21-12)11-14-4-3-5-16(10-14)22-26(24,25)17-8-6-15(20)7-9-17/h3-10,22H,11H2,1-2H3. The summed E-state index contributed by atoms with van der Waals surface area (Å²) in [7, 11) is -3.78. The van der Waals surface area contributed by atoms with E-state index in [1.54, 1.807) is 18.2 Å². The van der Waals surface area contributed by atoms with Gasteiger partial charge in [-0.25, -0.2) is 12.8 Å². The number of anilines is 1. The number of benzene rings is 2. The molecule has 0 spiro atoms. The molecule has 0 atom stereocenters. The molecule has 1 aromatic heterocycles. The third-order valence-corrected chi connectivity index (χ3v) is 6.47. The Morgan fingerprint density at radius 2 is 1.85 bits per heavy atom. The number of hydrogen-bond donors (Lipinski definition) is 1. The van der Waals surface area contributed by atoms with Crippen LogP contribution in [-0.2, 0) is 16.6 Å². The fraction of sp³-hybridized carbons (Fsp3) is 0.167. The lowest BCUT2D eigenvalue weighted by Gasteiger charge is -2.10. The van der Waals surface area contributed by atoms with E-state index in [2.05, 4.69) is 25.8 Å². The minimum Gasteiger partial charge on any atom is -0.280 e. The van der Waals surface area contributed by atoms with Crippen molar-refractivity contribution in [3.63, 3.8) is 0 Å². The molecular weight excluding hydrogens is 421 g/mol. The number of aromatic nitrogens is 2. The number of halogens is 2. The molecule has 2 aromatic carbocycles. The summed E-state index contributed by atoms with van der Waals surface area (Å²) >= 11 is 3.50. The van der Waals surface area contributed by atoms with Crippen LogP contribution in [0.5, 0.6) is 0 Å². The molecular formula is C18H17BrFN3O2S. The first-order chi connectivity index (χ1) is 12.3. The number of nitrogens with zero attached hydrogens (tertiary/aromatic N) is 2. The third kappa shape index (κ3) is 3.96. The number of rotatable bonds is 5. The van der Waals surface area contributed by atoms with Crippen LogP contribution in [0.25, 0.3) is 0 Å². The zero-order chi connectivity index (χ0) is 18.9. The van der Waals surface area contributed by atoms with Gasteiger partial charge in [-0.05, 0) is 71.7 Å². The largest absolute Gasteiger partial charge is 0.280 e. The minimum atomic E-state index is -3.78. The molecule has 26 heavy (non-hydrogen) atoms. The van der Waals surface area contributed by atoms with Gasteiger partial charge in [0.05, 0.1) is 27.3 Å². The molecule has 0 amide bonds. The molecule has 3 aromatic rings. The Bertz CT molecular complexity index is 1050. The average molecular weight is 438 g/mol. The van der Waals surface area contributed by atoms with Crippen LogP contribution in [-0.4, -0.2) is 18.2 Å². The predicted octanol–water partition coefficient (Wildman–Crippen LogP) is 4.25. The summed E-state index contributed by atoms with van der Waals surface area (Å²) in [6.07, 6.45) is 0. The number of aryl methyl sites for hydroxylation is 1. The van der Waals surface area contributed by atoms with E-state index in [0.29, 0.717) is 12.2 Å². The first kappa shape index (κ1) is 18.6. The Hall–Kier alpha value is -2.19. The summed E-state index contributed by atoms with van der Waals surface area (Å²) in [4.78, 5) is 0.00628. The van der Waals surface area contributed by atoms with Gasteiger partial charge in [-0.1, -0.05) is 12.1 Å². The van der Waals surface area contributed by atoms with Gasteiger partial charge in [-0.3, -0.25) is 9.40 Å². The monoisotopic (exact) mass is 437 g/mol. The van der Waals surface area contributed by atoms with Crippen molar-refractivity contribution in [1.29, 1.82) is 0 Å². The van der Waals surface area contributed by atoms with E-state index in [-0.39, 0.29) is 4.90 Å². The van der Waals surface area contributed by atoms with E-state index in [9.17, 15) is 12.8 Å². The lowest BCUT2D eigenvalue weighted by Crippen LogP contribution is -2.13. The fourth-order valence-corrected chi connectivity index (χ4v) is 3.90. The third-order valence-electron chi connectivity index (χ3n) is 3.93. The summed E-state index contributed by atoms with van der Waals surface area (Å²) in [6, 6.07) is 11.8. The molecule has 3 rings (SSSR count). The Kier molecular flexibility index (Phi) is 5.15. The van der Waals surface area contributed by atoms with Gasteiger partial charge in [0.2, 0.25) is 0 Å². The molecule has 0 aliphatic carbocycles. The van der Waals surface area contributed by atoms with E-state index >= 15 is 0 Å². The number of nitrogens with one attached hydrogen (secondary N) is 1. The van der Waals surface area contributed by atoms with Crippen molar-refractivity contribution in [2.24, 2.45) is 0 Å². The second kappa shape index (κ2) is 7.20. The molecule has 1 heterocycles. The number of hydrogen-bond acceptors (Lipinski definition) is 3. The SMILES string of the molecule is Cc1nn(Cc2cccc(NS(=O)(=O)c3ccc(F)cc3)c2)c(C)c1Br. The first-order valence-electron chi connectivity index (χ1n) is 7.83. The lowest BCUT2D eigenvalue weighted by molar-refractivity contribution is 0.599. The van der Waals surface area contributed by atoms with Crippen molar-refractivity contribution >= 4 is 31.6 Å². The van der Waals surface area contributed by atoms with Gasteiger partial charge in [-0.2, -0.15) is 5.10 Å². The van der Waals surface area contributed by atoms with Crippen LogP contribution in [0.15, 0.2) is 57.9 Å². The predicted molar refractivity (Wildman–Crippen MR) is 102 cm³/mol. The van der Waals surface area contributed by atoms with E-state index in [1.807, 2.05) is 24.6 Å². The molecule has 1 N–H and O–H groups in total. The van der Waals surface area contributed by atoms with Gasteiger partial charge in [-0.15, -0.1) is 0 Å². The zero-order valence-corrected chi connectivity index (χ0v) is 16.6. The quantitative estimate of drug-likeness (QED) is 0.648. The maximum Gasteiger partial charge on any atom is 0.261 e. The zero-order valence-electron chi connectivity index (χ0n) is 14.2. The lowest BCUT2D eigenvalue weighted by atomic mass is 10.2. The van der Waals surface area contributed by atoms with E-state index in [1.165, 1.54) is 12.1 Å². The van der Waals surface area contributed by atoms with Crippen molar-refractivity contribution < 1.29 is 12.8 Å². The van der Waals surface area contributed by atoms with Crippen molar-refractivity contribution in [3.8, 4) is 0 Å². The molecule has 0 bridgehead atoms. The van der Waals surface area contributed by atoms with E-state index in [4.69, 9.17) is 0 Å². The van der Waals surface area contributed by atoms with E-state index in [0.717, 1.165) is 33.6 Å². The van der Waals surface area contributed by atoms with Crippen LogP contribution in [0.1, 0.15) is 17.0 Å². The highest BCUT2D eigenvalue weighted by molar-refractivity contribution is 9.10. The van der Waals surface area contributed by atoms with Crippen LogP contribution in [0.3, 0.4) is 0 Å². The normalized spacial score (nSPS) is 11.5. The van der Waals surface area contributed by atoms with Crippen LogP contribution >= 0.6 is 15.9 Å². The van der Waals surface area contributed by atoms with Crippen molar-refractivity contribution in [3.05, 3.63) is 75.8 Å². The van der Waals surface area contributed by atoms with Gasteiger partial charge < -0.3 is 0 Å². The minimum absolute atomic E-state index is 0.00628. The fourth-order valence-electron chi connectivity index (χ4n) is 2.56. The average Bonchev–Trinajstić information content (AvgIpc) is 2.82. The van der Waals surface area contributed by atoms with Gasteiger partial charge in [0, 0.05) is 5.69 Å². The molecule has 0 radical (unpaired) electrons. The number of sulfonamides is 1. The van der Waals surface area contributed by atoms with Gasteiger partial charge in [0.15, 0.2) is 0 Å². The van der Waals surface area contributed by atoms with Crippen LogP contribution in [0.2, 0.25) is 0 Å². The highest BCUT2D eigenvalue weighted by Crippen LogP contribution is 2.22. The van der Waals surface area contributed by atoms with Gasteiger partial charge in [0.1, 0.15) is 5.82 Å². The Morgan fingerprint density at radius 3 is 2.46 bits per heavy atom. The molecule has 0 aliphatic heterocycles. The molecule has 5 nitrogen and oxygen atoms in total. The molecule has 0 saturated heterocycles. The molecule has 0 unspecified atom stereocenters. The Labute approximate surface area is 160 Å². The molecule has 0 aliphatic rings. The van der Waals surface area contributed by atoms with E-state index < -0.39 is 15.8 Å².